The van der Waals surface area contributed by atoms with E-state index < -0.39 is 0 Å². The summed E-state index contributed by atoms with van der Waals surface area (Å²) in [4.78, 5) is 10.3. The molecule has 2 N–H and O–H groups in total. The van der Waals surface area contributed by atoms with E-state index in [0.29, 0.717) is 10.8 Å². The van der Waals surface area contributed by atoms with Gasteiger partial charge in [0, 0.05) is 13.1 Å². The van der Waals surface area contributed by atoms with Crippen LogP contribution in [0, 0.1) is 0 Å². The number of halogens is 1. The lowest BCUT2D eigenvalue weighted by Crippen LogP contribution is -2.25. The fourth-order valence-electron chi connectivity index (χ4n) is 1.88. The quantitative estimate of drug-likeness (QED) is 0.797. The maximum absolute atomic E-state index is 6.09. The van der Waals surface area contributed by atoms with Crippen molar-refractivity contribution >= 4 is 23.2 Å². The number of nitrogens with two attached hydrogens (primary N) is 1. The highest BCUT2D eigenvalue weighted by atomic mass is 35.5. The van der Waals surface area contributed by atoms with Gasteiger partial charge >= 0.3 is 0 Å². The second-order valence-electron chi connectivity index (χ2n) is 3.80. The van der Waals surface area contributed by atoms with Gasteiger partial charge in [0.15, 0.2) is 5.82 Å². The van der Waals surface area contributed by atoms with Crippen LogP contribution in [0.3, 0.4) is 0 Å². The molecule has 0 spiro atoms. The lowest BCUT2D eigenvalue weighted by molar-refractivity contribution is 0.726. The predicted molar refractivity (Wildman–Crippen MR) is 62.1 cm³/mol. The maximum atomic E-state index is 6.09. The highest BCUT2D eigenvalue weighted by molar-refractivity contribution is 6.35. The Hall–Kier alpha value is -1.03. The molecule has 15 heavy (non-hydrogen) atoms. The standard InChI is InChI=1S/C10H15ClN4/c11-8-9(12)13-7-14-10(8)15-5-3-1-2-4-6-15/h7H,1-6H2,(H2,12,13,14). The van der Waals surface area contributed by atoms with Gasteiger partial charge in [0.2, 0.25) is 0 Å². The maximum Gasteiger partial charge on any atom is 0.153 e. The summed E-state index contributed by atoms with van der Waals surface area (Å²) < 4.78 is 0. The molecule has 0 bridgehead atoms. The number of aromatic nitrogens is 2. The Labute approximate surface area is 94.5 Å². The van der Waals surface area contributed by atoms with Crippen molar-refractivity contribution in [3.63, 3.8) is 0 Å². The third-order valence-corrected chi connectivity index (χ3v) is 3.07. The molecule has 0 aromatic carbocycles. The van der Waals surface area contributed by atoms with Gasteiger partial charge in [0.25, 0.3) is 0 Å². The van der Waals surface area contributed by atoms with Gasteiger partial charge in [-0.2, -0.15) is 0 Å². The highest BCUT2D eigenvalue weighted by Gasteiger charge is 2.15. The lowest BCUT2D eigenvalue weighted by atomic mass is 10.2. The Morgan fingerprint density at radius 3 is 2.47 bits per heavy atom. The molecule has 5 heteroatoms. The van der Waals surface area contributed by atoms with Gasteiger partial charge in [-0.15, -0.1) is 0 Å². The average molecular weight is 227 g/mol. The van der Waals surface area contributed by atoms with Crippen LogP contribution >= 0.6 is 11.6 Å². The first-order chi connectivity index (χ1) is 7.29. The third kappa shape index (κ3) is 2.31. The zero-order valence-electron chi connectivity index (χ0n) is 8.62. The van der Waals surface area contributed by atoms with Crippen LogP contribution in [-0.2, 0) is 0 Å². The van der Waals surface area contributed by atoms with Gasteiger partial charge in [-0.1, -0.05) is 24.4 Å². The van der Waals surface area contributed by atoms with Gasteiger partial charge in [-0.25, -0.2) is 9.97 Å². The van der Waals surface area contributed by atoms with Crippen molar-refractivity contribution in [2.24, 2.45) is 0 Å². The summed E-state index contributed by atoms with van der Waals surface area (Å²) in [7, 11) is 0. The number of anilines is 2. The molecular weight excluding hydrogens is 212 g/mol. The van der Waals surface area contributed by atoms with Crippen LogP contribution in [0.1, 0.15) is 25.7 Å². The zero-order chi connectivity index (χ0) is 10.7. The minimum atomic E-state index is 0.367. The highest BCUT2D eigenvalue weighted by Crippen LogP contribution is 2.28. The van der Waals surface area contributed by atoms with Crippen molar-refractivity contribution in [1.29, 1.82) is 0 Å². The topological polar surface area (TPSA) is 55.0 Å². The third-order valence-electron chi connectivity index (χ3n) is 2.70. The minimum absolute atomic E-state index is 0.367. The number of nitrogens with zero attached hydrogens (tertiary/aromatic N) is 3. The molecule has 2 rings (SSSR count). The van der Waals surface area contributed by atoms with Crippen molar-refractivity contribution in [2.75, 3.05) is 23.7 Å². The van der Waals surface area contributed by atoms with Crippen molar-refractivity contribution < 1.29 is 0 Å². The van der Waals surface area contributed by atoms with E-state index in [9.17, 15) is 0 Å². The first-order valence-corrected chi connectivity index (χ1v) is 5.68. The first kappa shape index (κ1) is 10.5. The molecule has 1 aliphatic heterocycles. The Bertz CT molecular complexity index is 334. The van der Waals surface area contributed by atoms with E-state index >= 15 is 0 Å². The molecule has 1 aliphatic rings. The SMILES string of the molecule is Nc1ncnc(N2CCCCCC2)c1Cl. The van der Waals surface area contributed by atoms with Crippen LogP contribution in [0.5, 0.6) is 0 Å². The van der Waals surface area contributed by atoms with Crippen LogP contribution in [0.2, 0.25) is 5.02 Å². The number of hydrogen-bond donors (Lipinski definition) is 1. The van der Waals surface area contributed by atoms with Gasteiger partial charge in [0.05, 0.1) is 0 Å². The van der Waals surface area contributed by atoms with Crippen LogP contribution in [-0.4, -0.2) is 23.1 Å². The molecule has 0 aliphatic carbocycles. The molecule has 0 unspecified atom stereocenters. The van der Waals surface area contributed by atoms with E-state index in [4.69, 9.17) is 17.3 Å². The lowest BCUT2D eigenvalue weighted by Gasteiger charge is -2.22. The number of rotatable bonds is 1. The van der Waals surface area contributed by atoms with Gasteiger partial charge in [0.1, 0.15) is 17.2 Å². The molecule has 0 amide bonds. The molecular formula is C10H15ClN4. The zero-order valence-corrected chi connectivity index (χ0v) is 9.37. The Kier molecular flexibility index (Phi) is 3.26. The molecule has 1 fully saturated rings. The summed E-state index contributed by atoms with van der Waals surface area (Å²) in [5.74, 6) is 1.15. The Morgan fingerprint density at radius 2 is 1.80 bits per heavy atom. The van der Waals surface area contributed by atoms with Gasteiger partial charge < -0.3 is 10.6 Å². The summed E-state index contributed by atoms with van der Waals surface area (Å²) in [6.07, 6.45) is 6.44. The number of nitrogen functional groups attached to an aromatic ring is 1. The Balaban J connectivity index is 2.23. The average Bonchev–Trinajstić information content (AvgIpc) is 2.50. The molecule has 0 atom stereocenters. The molecule has 1 aromatic heterocycles. The number of hydrogen-bond acceptors (Lipinski definition) is 4. The molecule has 82 valence electrons. The van der Waals surface area contributed by atoms with E-state index in [2.05, 4.69) is 14.9 Å². The smallest absolute Gasteiger partial charge is 0.153 e. The molecule has 1 saturated heterocycles. The monoisotopic (exact) mass is 226 g/mol. The summed E-state index contributed by atoms with van der Waals surface area (Å²) in [5.41, 5.74) is 5.66. The Morgan fingerprint density at radius 1 is 1.13 bits per heavy atom. The normalized spacial score (nSPS) is 17.5. The molecule has 2 heterocycles. The van der Waals surface area contributed by atoms with Crippen LogP contribution in [0.4, 0.5) is 11.6 Å². The molecule has 4 nitrogen and oxygen atoms in total. The van der Waals surface area contributed by atoms with Crippen molar-refractivity contribution in [2.45, 2.75) is 25.7 Å². The van der Waals surface area contributed by atoms with E-state index in [0.717, 1.165) is 18.9 Å². The second kappa shape index (κ2) is 4.66. The van der Waals surface area contributed by atoms with E-state index in [1.165, 1.54) is 32.0 Å². The van der Waals surface area contributed by atoms with Gasteiger partial charge in [-0.3, -0.25) is 0 Å². The molecule has 0 saturated carbocycles. The van der Waals surface area contributed by atoms with Crippen molar-refractivity contribution in [3.8, 4) is 0 Å². The fraction of sp³-hybridized carbons (Fsp3) is 0.600. The summed E-state index contributed by atoms with van der Waals surface area (Å²) in [5, 5.41) is 0.486. The van der Waals surface area contributed by atoms with Crippen LogP contribution < -0.4 is 10.6 Å². The fourth-order valence-corrected chi connectivity index (χ4v) is 2.09. The minimum Gasteiger partial charge on any atom is -0.382 e. The first-order valence-electron chi connectivity index (χ1n) is 5.30. The van der Waals surface area contributed by atoms with E-state index in [-0.39, 0.29) is 0 Å². The summed E-state index contributed by atoms with van der Waals surface area (Å²) >= 11 is 6.09. The van der Waals surface area contributed by atoms with Crippen molar-refractivity contribution in [3.05, 3.63) is 11.3 Å². The summed E-state index contributed by atoms with van der Waals surface area (Å²) in [6.45, 7) is 2.02. The second-order valence-corrected chi connectivity index (χ2v) is 4.18. The van der Waals surface area contributed by atoms with Gasteiger partial charge in [-0.05, 0) is 12.8 Å². The van der Waals surface area contributed by atoms with Crippen LogP contribution in [0.15, 0.2) is 6.33 Å². The van der Waals surface area contributed by atoms with E-state index in [1.807, 2.05) is 0 Å². The molecule has 1 aromatic rings. The van der Waals surface area contributed by atoms with Crippen LogP contribution in [0.25, 0.3) is 0 Å². The molecule has 0 radical (unpaired) electrons. The van der Waals surface area contributed by atoms with Crippen molar-refractivity contribution in [1.82, 2.24) is 9.97 Å². The predicted octanol–water partition coefficient (Wildman–Crippen LogP) is 2.09. The van der Waals surface area contributed by atoms with E-state index in [1.54, 1.807) is 0 Å². The summed E-state index contributed by atoms with van der Waals surface area (Å²) in [6, 6.07) is 0. The largest absolute Gasteiger partial charge is 0.382 e.